The van der Waals surface area contributed by atoms with Crippen molar-refractivity contribution in [1.82, 2.24) is 15.6 Å². The molecule has 3 aromatic rings. The molecule has 1 fully saturated rings. The zero-order valence-electron chi connectivity index (χ0n) is 19.6. The number of amides is 3. The van der Waals surface area contributed by atoms with Crippen molar-refractivity contribution in [2.75, 3.05) is 25.2 Å². The number of carbonyl (C=O) groups excluding carboxylic acids is 3. The molecule has 1 aliphatic carbocycles. The van der Waals surface area contributed by atoms with Gasteiger partial charge in [-0.25, -0.2) is 27.0 Å². The van der Waals surface area contributed by atoms with Crippen molar-refractivity contribution < 1.29 is 36.3 Å². The van der Waals surface area contributed by atoms with E-state index in [1.807, 2.05) is 0 Å². The lowest BCUT2D eigenvalue weighted by Gasteiger charge is -2.12. The highest BCUT2D eigenvalue weighted by atomic mass is 32.2. The Morgan fingerprint density at radius 3 is 2.51 bits per heavy atom. The lowest BCUT2D eigenvalue weighted by Crippen LogP contribution is -2.41. The van der Waals surface area contributed by atoms with E-state index in [1.165, 1.54) is 18.2 Å². The monoisotopic (exact) mass is 552 g/mol. The predicted molar refractivity (Wildman–Crippen MR) is 133 cm³/mol. The summed E-state index contributed by atoms with van der Waals surface area (Å²) in [6.07, 6.45) is 1.71. The lowest BCUT2D eigenvalue weighted by molar-refractivity contribution is -0.126. The zero-order chi connectivity index (χ0) is 26.9. The Balaban J connectivity index is 1.62. The van der Waals surface area contributed by atoms with Crippen LogP contribution in [0, 0.1) is 11.6 Å². The second kappa shape index (κ2) is 10.4. The fraction of sp³-hybridized carbons (Fsp3) is 0.304. The van der Waals surface area contributed by atoms with Crippen LogP contribution < -0.4 is 16.0 Å². The molecule has 1 heterocycles. The lowest BCUT2D eigenvalue weighted by atomic mass is 10.0. The summed E-state index contributed by atoms with van der Waals surface area (Å²) in [6, 6.07) is 6.17. The number of fused-ring (bicyclic) bond motifs is 1. The number of sulfone groups is 1. The molecule has 196 valence electrons. The van der Waals surface area contributed by atoms with Gasteiger partial charge >= 0.3 is 6.09 Å². The van der Waals surface area contributed by atoms with Crippen molar-refractivity contribution >= 4 is 55.0 Å². The standard InChI is InChI=1S/C23H22F2N4O6S2/c1-35-23(32)29-16-6-3-11(7-15(16)25)13-8-18-17(9-14(13)24)28-22(36-18)20(37(2,33)34)21(31)26-10-19(30)27-12-4-5-12/h3,6-9,12,20H,4-5,10H2,1-2H3,(H,26,31)(H,27,30)(H,29,32). The highest BCUT2D eigenvalue weighted by Crippen LogP contribution is 2.35. The molecule has 1 aromatic heterocycles. The summed E-state index contributed by atoms with van der Waals surface area (Å²) in [5.41, 5.74) is 0.105. The Kier molecular flexibility index (Phi) is 7.41. The van der Waals surface area contributed by atoms with Crippen molar-refractivity contribution in [2.45, 2.75) is 24.1 Å². The molecular weight excluding hydrogens is 530 g/mol. The minimum atomic E-state index is -4.00. The van der Waals surface area contributed by atoms with Gasteiger partial charge in [0, 0.05) is 23.9 Å². The maximum atomic E-state index is 14.9. The molecule has 0 radical (unpaired) electrons. The maximum Gasteiger partial charge on any atom is 0.411 e. The number of hydrogen-bond acceptors (Lipinski definition) is 8. The normalized spacial score (nSPS) is 14.2. The van der Waals surface area contributed by atoms with Crippen LogP contribution >= 0.6 is 11.3 Å². The third-order valence-corrected chi connectivity index (χ3v) is 7.98. The summed E-state index contributed by atoms with van der Waals surface area (Å²) in [7, 11) is -2.88. The Morgan fingerprint density at radius 2 is 1.89 bits per heavy atom. The fourth-order valence-electron chi connectivity index (χ4n) is 3.50. The summed E-state index contributed by atoms with van der Waals surface area (Å²) >= 11 is 0.866. The Labute approximate surface area is 214 Å². The average Bonchev–Trinajstić information content (AvgIpc) is 3.54. The number of halogens is 2. The first-order valence-corrected chi connectivity index (χ1v) is 13.7. The van der Waals surface area contributed by atoms with Gasteiger partial charge in [0.2, 0.25) is 11.8 Å². The summed E-state index contributed by atoms with van der Waals surface area (Å²) in [5, 5.41) is 5.40. The molecule has 14 heteroatoms. The van der Waals surface area contributed by atoms with E-state index in [1.54, 1.807) is 0 Å². The molecule has 10 nitrogen and oxygen atoms in total. The van der Waals surface area contributed by atoms with Crippen LogP contribution in [-0.2, 0) is 24.2 Å². The first-order chi connectivity index (χ1) is 17.5. The van der Waals surface area contributed by atoms with Crippen LogP contribution in [0.1, 0.15) is 23.1 Å². The third-order valence-electron chi connectivity index (χ3n) is 5.45. The Hall–Kier alpha value is -3.65. The second-order valence-corrected chi connectivity index (χ2v) is 11.6. The van der Waals surface area contributed by atoms with Gasteiger partial charge in [-0.2, -0.15) is 0 Å². The number of nitrogens with zero attached hydrogens (tertiary/aromatic N) is 1. The topological polar surface area (TPSA) is 144 Å². The minimum Gasteiger partial charge on any atom is -0.453 e. The molecule has 1 aliphatic rings. The van der Waals surface area contributed by atoms with Gasteiger partial charge in [0.05, 0.1) is 29.6 Å². The molecule has 1 saturated carbocycles. The number of rotatable bonds is 8. The number of aromatic nitrogens is 1. The molecule has 0 aliphatic heterocycles. The number of hydrogen-bond donors (Lipinski definition) is 3. The van der Waals surface area contributed by atoms with Crippen molar-refractivity contribution in [3.8, 4) is 11.1 Å². The second-order valence-electron chi connectivity index (χ2n) is 8.43. The van der Waals surface area contributed by atoms with Crippen LogP contribution in [0.4, 0.5) is 19.3 Å². The minimum absolute atomic E-state index is 0.00308. The van der Waals surface area contributed by atoms with E-state index in [-0.39, 0.29) is 33.4 Å². The summed E-state index contributed by atoms with van der Waals surface area (Å²) < 4.78 is 59.1. The van der Waals surface area contributed by atoms with Crippen molar-refractivity contribution in [3.05, 3.63) is 47.0 Å². The van der Waals surface area contributed by atoms with E-state index in [0.717, 1.165) is 49.7 Å². The Morgan fingerprint density at radius 1 is 1.16 bits per heavy atom. The maximum absolute atomic E-state index is 14.9. The SMILES string of the molecule is COC(=O)Nc1ccc(-c2cc3sc(C(C(=O)NCC(=O)NC4CC4)S(C)(=O)=O)nc3cc2F)cc1F. The van der Waals surface area contributed by atoms with E-state index in [0.29, 0.717) is 4.70 Å². The first-order valence-electron chi connectivity index (χ1n) is 11.0. The van der Waals surface area contributed by atoms with Crippen LogP contribution in [0.3, 0.4) is 0 Å². The van der Waals surface area contributed by atoms with Crippen molar-refractivity contribution in [3.63, 3.8) is 0 Å². The Bertz CT molecular complexity index is 1500. The molecule has 1 unspecified atom stereocenters. The molecular formula is C23H22F2N4O6S2. The van der Waals surface area contributed by atoms with Crippen LogP contribution in [0.15, 0.2) is 30.3 Å². The van der Waals surface area contributed by atoms with Gasteiger partial charge < -0.3 is 15.4 Å². The van der Waals surface area contributed by atoms with Gasteiger partial charge in [0.1, 0.15) is 16.6 Å². The van der Waals surface area contributed by atoms with E-state index in [9.17, 15) is 31.6 Å². The quantitative estimate of drug-likeness (QED) is 0.390. The molecule has 1 atom stereocenters. The molecule has 0 spiro atoms. The number of methoxy groups -OCH3 is 1. The zero-order valence-corrected chi connectivity index (χ0v) is 21.3. The molecule has 2 aromatic carbocycles. The number of nitrogens with one attached hydrogen (secondary N) is 3. The summed E-state index contributed by atoms with van der Waals surface area (Å²) in [6.45, 7) is -0.391. The third kappa shape index (κ3) is 6.20. The van der Waals surface area contributed by atoms with Crippen LogP contribution in [0.25, 0.3) is 21.3 Å². The predicted octanol–water partition coefficient (Wildman–Crippen LogP) is 2.90. The van der Waals surface area contributed by atoms with Gasteiger partial charge in [-0.1, -0.05) is 6.07 Å². The molecule has 3 amide bonds. The van der Waals surface area contributed by atoms with Gasteiger partial charge in [-0.15, -0.1) is 11.3 Å². The van der Waals surface area contributed by atoms with Crippen LogP contribution in [0.2, 0.25) is 0 Å². The highest BCUT2D eigenvalue weighted by Gasteiger charge is 2.34. The number of ether oxygens (including phenoxy) is 1. The highest BCUT2D eigenvalue weighted by molar-refractivity contribution is 7.91. The summed E-state index contributed by atoms with van der Waals surface area (Å²) in [4.78, 5) is 40.1. The molecule has 37 heavy (non-hydrogen) atoms. The number of carbonyl (C=O) groups is 3. The molecule has 3 N–H and O–H groups in total. The summed E-state index contributed by atoms with van der Waals surface area (Å²) in [5.74, 6) is -2.94. The van der Waals surface area contributed by atoms with Gasteiger partial charge in [-0.05, 0) is 36.6 Å². The average molecular weight is 553 g/mol. The van der Waals surface area contributed by atoms with E-state index in [2.05, 4.69) is 25.7 Å². The number of anilines is 1. The fourth-order valence-corrected chi connectivity index (χ4v) is 6.03. The van der Waals surface area contributed by atoms with E-state index >= 15 is 0 Å². The largest absolute Gasteiger partial charge is 0.453 e. The molecule has 0 saturated heterocycles. The van der Waals surface area contributed by atoms with E-state index < -0.39 is 51.2 Å². The molecule has 0 bridgehead atoms. The van der Waals surface area contributed by atoms with Crippen molar-refractivity contribution in [1.29, 1.82) is 0 Å². The van der Waals surface area contributed by atoms with Gasteiger partial charge in [0.15, 0.2) is 15.1 Å². The first kappa shape index (κ1) is 26.4. The van der Waals surface area contributed by atoms with Gasteiger partial charge in [0.25, 0.3) is 0 Å². The van der Waals surface area contributed by atoms with Crippen LogP contribution in [0.5, 0.6) is 0 Å². The molecule has 4 rings (SSSR count). The van der Waals surface area contributed by atoms with Crippen LogP contribution in [-0.4, -0.2) is 57.3 Å². The van der Waals surface area contributed by atoms with E-state index in [4.69, 9.17) is 0 Å². The number of benzene rings is 2. The van der Waals surface area contributed by atoms with Gasteiger partial charge in [-0.3, -0.25) is 14.9 Å². The smallest absolute Gasteiger partial charge is 0.411 e. The number of thiazole rings is 1. The van der Waals surface area contributed by atoms with Crippen molar-refractivity contribution in [2.24, 2.45) is 0 Å².